The van der Waals surface area contributed by atoms with Crippen molar-refractivity contribution in [2.75, 3.05) is 31.6 Å². The molecule has 0 unspecified atom stereocenters. The minimum absolute atomic E-state index is 0.0152. The van der Waals surface area contributed by atoms with E-state index in [1.165, 1.54) is 7.11 Å². The number of unbranched alkanes of at least 4 members (excludes halogenated alkanes) is 1. The smallest absolute Gasteiger partial charge is 0.407 e. The summed E-state index contributed by atoms with van der Waals surface area (Å²) in [6.07, 6.45) is 2.06. The number of hydrogen-bond donors (Lipinski definition) is 1. The Morgan fingerprint density at radius 1 is 1.31 bits per heavy atom. The van der Waals surface area contributed by atoms with Crippen molar-refractivity contribution >= 4 is 35.2 Å². The van der Waals surface area contributed by atoms with Gasteiger partial charge in [-0.25, -0.2) is 4.79 Å². The first-order chi connectivity index (χ1) is 12.5. The van der Waals surface area contributed by atoms with E-state index in [2.05, 4.69) is 17.0 Å². The molecule has 0 bridgehead atoms. The van der Waals surface area contributed by atoms with Gasteiger partial charge in [-0.15, -0.1) is 0 Å². The van der Waals surface area contributed by atoms with Crippen LogP contribution in [0.25, 0.3) is 0 Å². The van der Waals surface area contributed by atoms with Gasteiger partial charge in [0.05, 0.1) is 13.2 Å². The molecule has 1 aliphatic rings. The number of carbonyl (C=O) groups excluding carboxylic acids is 3. The number of benzene rings is 1. The molecule has 0 saturated carbocycles. The van der Waals surface area contributed by atoms with Gasteiger partial charge in [0.2, 0.25) is 11.8 Å². The molecule has 0 radical (unpaired) electrons. The molecule has 1 fully saturated rings. The van der Waals surface area contributed by atoms with Gasteiger partial charge in [-0.1, -0.05) is 31.4 Å². The quantitative estimate of drug-likeness (QED) is 0.820. The predicted molar refractivity (Wildman–Crippen MR) is 99.2 cm³/mol. The second-order valence-electron chi connectivity index (χ2n) is 6.14. The molecule has 1 aromatic carbocycles. The lowest BCUT2D eigenvalue weighted by Gasteiger charge is -2.41. The molecule has 0 aromatic heterocycles. The van der Waals surface area contributed by atoms with Crippen molar-refractivity contribution in [3.05, 3.63) is 29.3 Å². The number of halogens is 1. The lowest BCUT2D eigenvalue weighted by molar-refractivity contribution is -0.139. The summed E-state index contributed by atoms with van der Waals surface area (Å²) in [5, 5.41) is 2.98. The first-order valence-electron chi connectivity index (χ1n) is 8.63. The lowest BCUT2D eigenvalue weighted by Crippen LogP contribution is -2.59. The van der Waals surface area contributed by atoms with Gasteiger partial charge in [-0.3, -0.25) is 9.59 Å². The number of nitrogens with one attached hydrogen (secondary N) is 1. The van der Waals surface area contributed by atoms with Gasteiger partial charge in [0.15, 0.2) is 0 Å². The van der Waals surface area contributed by atoms with Crippen LogP contribution < -0.4 is 10.2 Å². The van der Waals surface area contributed by atoms with Crippen LogP contribution in [0.1, 0.15) is 26.2 Å². The predicted octanol–water partition coefficient (Wildman–Crippen LogP) is 2.43. The van der Waals surface area contributed by atoms with Crippen molar-refractivity contribution in [2.24, 2.45) is 0 Å². The van der Waals surface area contributed by atoms with Gasteiger partial charge in [0.1, 0.15) is 13.1 Å². The van der Waals surface area contributed by atoms with E-state index in [-0.39, 0.29) is 30.9 Å². The van der Waals surface area contributed by atoms with Crippen molar-refractivity contribution in [1.82, 2.24) is 10.2 Å². The summed E-state index contributed by atoms with van der Waals surface area (Å²) in [6, 6.07) is 6.97. The molecule has 2 rings (SSSR count). The third-order valence-electron chi connectivity index (χ3n) is 4.36. The number of piperazine rings is 1. The molecule has 1 heterocycles. The van der Waals surface area contributed by atoms with Crippen LogP contribution in [0.5, 0.6) is 0 Å². The second kappa shape index (κ2) is 9.43. The summed E-state index contributed by atoms with van der Waals surface area (Å²) in [6.45, 7) is 2.29. The monoisotopic (exact) mass is 381 g/mol. The van der Waals surface area contributed by atoms with Gasteiger partial charge in [0, 0.05) is 17.3 Å². The zero-order valence-corrected chi connectivity index (χ0v) is 15.8. The first kappa shape index (κ1) is 20.0. The summed E-state index contributed by atoms with van der Waals surface area (Å²) in [5.74, 6) is -0.452. The Morgan fingerprint density at radius 3 is 2.62 bits per heavy atom. The minimum Gasteiger partial charge on any atom is -0.453 e. The zero-order chi connectivity index (χ0) is 19.1. The van der Waals surface area contributed by atoms with E-state index in [0.717, 1.165) is 24.9 Å². The molecular weight excluding hydrogens is 358 g/mol. The minimum atomic E-state index is -0.672. The van der Waals surface area contributed by atoms with Crippen molar-refractivity contribution < 1.29 is 19.1 Å². The standard InChI is InChI=1S/C18H24ClN3O4/c1-3-4-5-15-11-21(14-8-6-13(19)7-9-14)17(24)12-22(15)16(23)10-20-18(25)26-2/h6-9,15H,3-5,10-12H2,1-2H3,(H,20,25)/t15-/m0/s1. The molecular formula is C18H24ClN3O4. The molecule has 26 heavy (non-hydrogen) atoms. The van der Waals surface area contributed by atoms with E-state index < -0.39 is 6.09 Å². The van der Waals surface area contributed by atoms with Gasteiger partial charge in [0.25, 0.3) is 0 Å². The molecule has 1 saturated heterocycles. The van der Waals surface area contributed by atoms with Crippen LogP contribution in [0.15, 0.2) is 24.3 Å². The molecule has 1 atom stereocenters. The largest absolute Gasteiger partial charge is 0.453 e. The number of anilines is 1. The zero-order valence-electron chi connectivity index (χ0n) is 15.0. The third kappa shape index (κ3) is 5.11. The summed E-state index contributed by atoms with van der Waals surface area (Å²) in [7, 11) is 1.23. The van der Waals surface area contributed by atoms with Gasteiger partial charge < -0.3 is 19.9 Å². The number of ether oxygens (including phenoxy) is 1. The van der Waals surface area contributed by atoms with Gasteiger partial charge in [-0.05, 0) is 30.7 Å². The topological polar surface area (TPSA) is 79.0 Å². The number of amides is 3. The van der Waals surface area contributed by atoms with Crippen LogP contribution in [0, 0.1) is 0 Å². The maximum atomic E-state index is 12.6. The van der Waals surface area contributed by atoms with Crippen molar-refractivity contribution in [2.45, 2.75) is 32.2 Å². The summed E-state index contributed by atoms with van der Waals surface area (Å²) >= 11 is 5.92. The molecule has 8 heteroatoms. The number of alkyl carbamates (subject to hydrolysis) is 1. The van der Waals surface area contributed by atoms with Crippen LogP contribution in [0.2, 0.25) is 5.02 Å². The van der Waals surface area contributed by atoms with Crippen LogP contribution >= 0.6 is 11.6 Å². The van der Waals surface area contributed by atoms with E-state index in [0.29, 0.717) is 11.6 Å². The number of rotatable bonds is 6. The van der Waals surface area contributed by atoms with Crippen LogP contribution in [0.4, 0.5) is 10.5 Å². The van der Waals surface area contributed by atoms with E-state index in [1.54, 1.807) is 34.1 Å². The highest BCUT2D eigenvalue weighted by atomic mass is 35.5. The maximum absolute atomic E-state index is 12.6. The van der Waals surface area contributed by atoms with E-state index in [1.807, 2.05) is 0 Å². The van der Waals surface area contributed by atoms with E-state index in [9.17, 15) is 14.4 Å². The number of nitrogens with zero attached hydrogens (tertiary/aromatic N) is 2. The summed E-state index contributed by atoms with van der Waals surface area (Å²) < 4.78 is 4.48. The van der Waals surface area contributed by atoms with Gasteiger partial charge >= 0.3 is 6.09 Å². The average molecular weight is 382 g/mol. The first-order valence-corrected chi connectivity index (χ1v) is 9.01. The lowest BCUT2D eigenvalue weighted by atomic mass is 10.0. The highest BCUT2D eigenvalue weighted by Crippen LogP contribution is 2.24. The molecule has 3 amide bonds. The summed E-state index contributed by atoms with van der Waals surface area (Å²) in [4.78, 5) is 39.5. The molecule has 0 spiro atoms. The molecule has 1 aliphatic heterocycles. The average Bonchev–Trinajstić information content (AvgIpc) is 2.65. The number of carbonyl (C=O) groups is 3. The van der Waals surface area contributed by atoms with Crippen molar-refractivity contribution in [1.29, 1.82) is 0 Å². The fourth-order valence-corrected chi connectivity index (χ4v) is 3.07. The Kier molecular flexibility index (Phi) is 7.26. The Hall–Kier alpha value is -2.28. The van der Waals surface area contributed by atoms with Crippen LogP contribution in [-0.2, 0) is 14.3 Å². The molecule has 0 aliphatic carbocycles. The summed E-state index contributed by atoms with van der Waals surface area (Å²) in [5.41, 5.74) is 0.765. The van der Waals surface area contributed by atoms with E-state index in [4.69, 9.17) is 11.6 Å². The normalized spacial score (nSPS) is 17.2. The van der Waals surface area contributed by atoms with Crippen LogP contribution in [-0.4, -0.2) is 55.6 Å². The highest BCUT2D eigenvalue weighted by Gasteiger charge is 2.35. The Balaban J connectivity index is 2.12. The third-order valence-corrected chi connectivity index (χ3v) is 4.61. The Bertz CT molecular complexity index is 650. The second-order valence-corrected chi connectivity index (χ2v) is 6.58. The SMILES string of the molecule is CCCC[C@H]1CN(c2ccc(Cl)cc2)C(=O)CN1C(=O)CNC(=O)OC. The maximum Gasteiger partial charge on any atom is 0.407 e. The number of methoxy groups -OCH3 is 1. The fraction of sp³-hybridized carbons (Fsp3) is 0.500. The molecule has 1 aromatic rings. The number of hydrogen-bond acceptors (Lipinski definition) is 4. The fourth-order valence-electron chi connectivity index (χ4n) is 2.94. The highest BCUT2D eigenvalue weighted by molar-refractivity contribution is 6.30. The Labute approximate surface area is 158 Å². The van der Waals surface area contributed by atoms with Crippen molar-refractivity contribution in [3.8, 4) is 0 Å². The van der Waals surface area contributed by atoms with E-state index >= 15 is 0 Å². The Morgan fingerprint density at radius 2 is 2.00 bits per heavy atom. The van der Waals surface area contributed by atoms with Gasteiger partial charge in [-0.2, -0.15) is 0 Å². The van der Waals surface area contributed by atoms with Crippen LogP contribution in [0.3, 0.4) is 0 Å². The molecule has 142 valence electrons. The molecule has 1 N–H and O–H groups in total. The molecule has 7 nitrogen and oxygen atoms in total. The van der Waals surface area contributed by atoms with Crippen molar-refractivity contribution in [3.63, 3.8) is 0 Å².